The van der Waals surface area contributed by atoms with Crippen molar-refractivity contribution >= 4 is 0 Å². The predicted molar refractivity (Wildman–Crippen MR) is 51.9 cm³/mol. The van der Waals surface area contributed by atoms with Crippen LogP contribution < -0.4 is 0 Å². The van der Waals surface area contributed by atoms with E-state index in [4.69, 9.17) is 5.26 Å². The minimum atomic E-state index is 0.595. The van der Waals surface area contributed by atoms with Crippen LogP contribution in [0.5, 0.6) is 0 Å². The van der Waals surface area contributed by atoms with E-state index in [0.29, 0.717) is 6.54 Å². The summed E-state index contributed by atoms with van der Waals surface area (Å²) in [5.74, 6) is 0. The highest BCUT2D eigenvalue weighted by Gasteiger charge is 2.00. The zero-order chi connectivity index (χ0) is 9.23. The highest BCUT2D eigenvalue weighted by molar-refractivity contribution is 4.75. The molecule has 0 N–H and O–H groups in total. The van der Waals surface area contributed by atoms with Crippen molar-refractivity contribution in [2.45, 2.75) is 39.5 Å². The summed E-state index contributed by atoms with van der Waals surface area (Å²) in [6.45, 7) is 7.11. The van der Waals surface area contributed by atoms with E-state index >= 15 is 0 Å². The molecule has 0 saturated heterocycles. The molecule has 0 amide bonds. The van der Waals surface area contributed by atoms with E-state index in [9.17, 15) is 0 Å². The lowest BCUT2D eigenvalue weighted by Gasteiger charge is -2.17. The molecule has 0 aliphatic rings. The van der Waals surface area contributed by atoms with Crippen molar-refractivity contribution in [1.82, 2.24) is 4.90 Å². The fraction of sp³-hybridized carbons (Fsp3) is 0.900. The van der Waals surface area contributed by atoms with Gasteiger partial charge in [0.25, 0.3) is 0 Å². The van der Waals surface area contributed by atoms with Crippen LogP contribution in [0.25, 0.3) is 0 Å². The van der Waals surface area contributed by atoms with Gasteiger partial charge in [-0.3, -0.25) is 4.90 Å². The van der Waals surface area contributed by atoms with Crippen molar-refractivity contribution in [3.05, 3.63) is 0 Å². The Kier molecular flexibility index (Phi) is 8.15. The van der Waals surface area contributed by atoms with Crippen LogP contribution in [0.2, 0.25) is 0 Å². The van der Waals surface area contributed by atoms with E-state index in [0.717, 1.165) is 19.5 Å². The second-order valence-corrected chi connectivity index (χ2v) is 3.14. The topological polar surface area (TPSA) is 27.0 Å². The Labute approximate surface area is 76.2 Å². The van der Waals surface area contributed by atoms with Gasteiger partial charge in [0, 0.05) is 0 Å². The molecule has 0 heterocycles. The lowest BCUT2D eigenvalue weighted by atomic mass is 10.2. The summed E-state index contributed by atoms with van der Waals surface area (Å²) in [6, 6.07) is 2.21. The van der Waals surface area contributed by atoms with Crippen LogP contribution in [0.1, 0.15) is 39.5 Å². The Hall–Kier alpha value is -0.550. The van der Waals surface area contributed by atoms with Crippen LogP contribution in [0.3, 0.4) is 0 Å². The summed E-state index contributed by atoms with van der Waals surface area (Å²) in [4.78, 5) is 2.23. The summed E-state index contributed by atoms with van der Waals surface area (Å²) in [5.41, 5.74) is 0. The van der Waals surface area contributed by atoms with Crippen molar-refractivity contribution in [2.75, 3.05) is 19.6 Å². The average Bonchev–Trinajstić information content (AvgIpc) is 2.06. The molecule has 0 rings (SSSR count). The zero-order valence-corrected chi connectivity index (χ0v) is 8.34. The Bertz CT molecular complexity index is 126. The molecule has 0 radical (unpaired) electrons. The Morgan fingerprint density at radius 3 is 2.33 bits per heavy atom. The van der Waals surface area contributed by atoms with Crippen LogP contribution in [0, 0.1) is 11.3 Å². The van der Waals surface area contributed by atoms with Gasteiger partial charge in [-0.25, -0.2) is 0 Å². The lowest BCUT2D eigenvalue weighted by Crippen LogP contribution is -2.26. The number of unbranched alkanes of at least 4 members (excludes halogenated alkanes) is 2. The SMILES string of the molecule is CCCCCN(CC#N)CCC. The quantitative estimate of drug-likeness (QED) is 0.431. The largest absolute Gasteiger partial charge is 0.291 e. The fourth-order valence-corrected chi connectivity index (χ4v) is 1.27. The highest BCUT2D eigenvalue weighted by atomic mass is 15.1. The summed E-state index contributed by atoms with van der Waals surface area (Å²) < 4.78 is 0. The number of hydrogen-bond donors (Lipinski definition) is 0. The minimum absolute atomic E-state index is 0.595. The Morgan fingerprint density at radius 2 is 1.83 bits per heavy atom. The van der Waals surface area contributed by atoms with Crippen LogP contribution in [-0.2, 0) is 0 Å². The molecule has 0 fully saturated rings. The maximum atomic E-state index is 8.53. The van der Waals surface area contributed by atoms with E-state index in [1.165, 1.54) is 19.3 Å². The Balaban J connectivity index is 3.42. The van der Waals surface area contributed by atoms with Crippen molar-refractivity contribution in [3.63, 3.8) is 0 Å². The van der Waals surface area contributed by atoms with Crippen LogP contribution in [0.15, 0.2) is 0 Å². The molecule has 0 aliphatic heterocycles. The van der Waals surface area contributed by atoms with Crippen molar-refractivity contribution in [2.24, 2.45) is 0 Å². The molecule has 0 aromatic rings. The van der Waals surface area contributed by atoms with Crippen molar-refractivity contribution < 1.29 is 0 Å². The number of nitriles is 1. The van der Waals surface area contributed by atoms with E-state index < -0.39 is 0 Å². The third-order valence-corrected chi connectivity index (χ3v) is 1.91. The molecule has 12 heavy (non-hydrogen) atoms. The second kappa shape index (κ2) is 8.55. The first-order valence-electron chi connectivity index (χ1n) is 4.94. The predicted octanol–water partition coefficient (Wildman–Crippen LogP) is 2.41. The van der Waals surface area contributed by atoms with Gasteiger partial charge in [-0.1, -0.05) is 26.7 Å². The van der Waals surface area contributed by atoms with Gasteiger partial charge in [0.2, 0.25) is 0 Å². The first kappa shape index (κ1) is 11.4. The summed E-state index contributed by atoms with van der Waals surface area (Å²) >= 11 is 0. The molecule has 2 heteroatoms. The summed E-state index contributed by atoms with van der Waals surface area (Å²) in [5, 5.41) is 8.53. The molecule has 0 unspecified atom stereocenters. The van der Waals surface area contributed by atoms with Gasteiger partial charge >= 0.3 is 0 Å². The van der Waals surface area contributed by atoms with E-state index in [1.54, 1.807) is 0 Å². The summed E-state index contributed by atoms with van der Waals surface area (Å²) in [6.07, 6.45) is 4.92. The fourth-order valence-electron chi connectivity index (χ4n) is 1.27. The normalized spacial score (nSPS) is 10.2. The molecule has 2 nitrogen and oxygen atoms in total. The minimum Gasteiger partial charge on any atom is -0.291 e. The Morgan fingerprint density at radius 1 is 1.08 bits per heavy atom. The van der Waals surface area contributed by atoms with Gasteiger partial charge in [-0.05, 0) is 25.9 Å². The van der Waals surface area contributed by atoms with E-state index in [1.807, 2.05) is 0 Å². The zero-order valence-electron chi connectivity index (χ0n) is 8.34. The molecule has 0 aromatic carbocycles. The maximum absolute atomic E-state index is 8.53. The van der Waals surface area contributed by atoms with Gasteiger partial charge in [0.15, 0.2) is 0 Å². The molecule has 0 bridgehead atoms. The van der Waals surface area contributed by atoms with Crippen molar-refractivity contribution in [1.29, 1.82) is 5.26 Å². The standard InChI is InChI=1S/C10H20N2/c1-3-5-6-9-12(8-4-2)10-7-11/h3-6,8-10H2,1-2H3. The molecule has 0 saturated carbocycles. The van der Waals surface area contributed by atoms with Crippen LogP contribution in [0.4, 0.5) is 0 Å². The molecule has 70 valence electrons. The third kappa shape index (κ3) is 6.18. The molecule has 0 atom stereocenters. The van der Waals surface area contributed by atoms with Gasteiger partial charge in [0.1, 0.15) is 0 Å². The lowest BCUT2D eigenvalue weighted by molar-refractivity contribution is 0.299. The first-order valence-corrected chi connectivity index (χ1v) is 4.94. The third-order valence-electron chi connectivity index (χ3n) is 1.91. The molecular weight excluding hydrogens is 148 g/mol. The average molecular weight is 168 g/mol. The van der Waals surface area contributed by atoms with Crippen molar-refractivity contribution in [3.8, 4) is 6.07 Å². The van der Waals surface area contributed by atoms with Crippen LogP contribution >= 0.6 is 0 Å². The molecular formula is C10H20N2. The van der Waals surface area contributed by atoms with Crippen LogP contribution in [-0.4, -0.2) is 24.5 Å². The maximum Gasteiger partial charge on any atom is 0.0865 e. The molecule has 0 aliphatic carbocycles. The van der Waals surface area contributed by atoms with Gasteiger partial charge in [0.05, 0.1) is 12.6 Å². The van der Waals surface area contributed by atoms with Gasteiger partial charge in [-0.2, -0.15) is 5.26 Å². The summed E-state index contributed by atoms with van der Waals surface area (Å²) in [7, 11) is 0. The number of nitrogens with zero attached hydrogens (tertiary/aromatic N) is 2. The molecule has 0 spiro atoms. The van der Waals surface area contributed by atoms with E-state index in [2.05, 4.69) is 24.8 Å². The second-order valence-electron chi connectivity index (χ2n) is 3.14. The molecule has 0 aromatic heterocycles. The van der Waals surface area contributed by atoms with Gasteiger partial charge in [-0.15, -0.1) is 0 Å². The monoisotopic (exact) mass is 168 g/mol. The number of hydrogen-bond acceptors (Lipinski definition) is 2. The first-order chi connectivity index (χ1) is 5.85. The van der Waals surface area contributed by atoms with E-state index in [-0.39, 0.29) is 0 Å². The number of rotatable bonds is 7. The highest BCUT2D eigenvalue weighted by Crippen LogP contribution is 1.98. The van der Waals surface area contributed by atoms with Gasteiger partial charge < -0.3 is 0 Å². The smallest absolute Gasteiger partial charge is 0.0865 e.